The van der Waals surface area contributed by atoms with Gasteiger partial charge in [-0.1, -0.05) is 53.2 Å². The summed E-state index contributed by atoms with van der Waals surface area (Å²) in [6, 6.07) is 17.5. The van der Waals surface area contributed by atoms with E-state index >= 15 is 0 Å². The summed E-state index contributed by atoms with van der Waals surface area (Å²) in [5.41, 5.74) is 1.74. The second-order valence-corrected chi connectivity index (χ2v) is 7.10. The molecular formula is C20H22BrN3O2. The van der Waals surface area contributed by atoms with Gasteiger partial charge in [0.15, 0.2) is 0 Å². The van der Waals surface area contributed by atoms with Crippen molar-refractivity contribution in [1.82, 2.24) is 14.3 Å². The number of halogens is 1. The summed E-state index contributed by atoms with van der Waals surface area (Å²) in [7, 11) is 0. The van der Waals surface area contributed by atoms with E-state index in [9.17, 15) is 4.79 Å². The van der Waals surface area contributed by atoms with Crippen molar-refractivity contribution < 1.29 is 4.74 Å². The van der Waals surface area contributed by atoms with Gasteiger partial charge in [-0.2, -0.15) is 5.10 Å². The van der Waals surface area contributed by atoms with Crippen LogP contribution in [0.5, 0.6) is 0 Å². The van der Waals surface area contributed by atoms with E-state index in [0.29, 0.717) is 6.61 Å². The highest BCUT2D eigenvalue weighted by Gasteiger charge is 2.22. The van der Waals surface area contributed by atoms with Crippen molar-refractivity contribution in [3.8, 4) is 5.69 Å². The number of ether oxygens (including phenoxy) is 1. The first-order chi connectivity index (χ1) is 12.6. The Balaban J connectivity index is 1.77. The van der Waals surface area contributed by atoms with E-state index in [0.717, 1.165) is 22.1 Å². The lowest BCUT2D eigenvalue weighted by atomic mass is 10.1. The Bertz CT molecular complexity index is 887. The monoisotopic (exact) mass is 415 g/mol. The van der Waals surface area contributed by atoms with Gasteiger partial charge in [0.2, 0.25) is 0 Å². The molecule has 1 heterocycles. The fourth-order valence-corrected chi connectivity index (χ4v) is 3.20. The van der Waals surface area contributed by atoms with Gasteiger partial charge in [0.25, 0.3) is 0 Å². The molecule has 0 fully saturated rings. The predicted molar refractivity (Wildman–Crippen MR) is 106 cm³/mol. The molecule has 2 atom stereocenters. The van der Waals surface area contributed by atoms with Crippen LogP contribution >= 0.6 is 15.9 Å². The zero-order valence-electron chi connectivity index (χ0n) is 14.9. The molecule has 26 heavy (non-hydrogen) atoms. The highest BCUT2D eigenvalue weighted by Crippen LogP contribution is 2.18. The Hall–Kier alpha value is -2.18. The largest absolute Gasteiger partial charge is 0.372 e. The van der Waals surface area contributed by atoms with Crippen LogP contribution in [0.25, 0.3) is 5.69 Å². The van der Waals surface area contributed by atoms with Crippen LogP contribution in [0.2, 0.25) is 0 Å². The van der Waals surface area contributed by atoms with Gasteiger partial charge in [-0.15, -0.1) is 0 Å². The number of rotatable bonds is 7. The minimum Gasteiger partial charge on any atom is -0.372 e. The summed E-state index contributed by atoms with van der Waals surface area (Å²) < 4.78 is 10.1. The Kier molecular flexibility index (Phi) is 6.06. The molecule has 0 unspecified atom stereocenters. The standard InChI is InChI=1S/C20H22BrN3O2/c1-3-19(15(2)26-13-16-7-5-4-6-8-16)24-20(25)23(14-22-24)18-11-9-17(21)10-12-18/h4-12,14-15,19H,3,13H2,1-2H3/t15-,19-/m0/s1. The minimum absolute atomic E-state index is 0.122. The lowest BCUT2D eigenvalue weighted by Crippen LogP contribution is -2.33. The SMILES string of the molecule is CC[C@@H]([C@H](C)OCc1ccccc1)n1ncn(-c2ccc(Br)cc2)c1=O. The van der Waals surface area contributed by atoms with Crippen molar-refractivity contribution >= 4 is 15.9 Å². The van der Waals surface area contributed by atoms with Crippen molar-refractivity contribution in [2.45, 2.75) is 39.0 Å². The molecule has 3 rings (SSSR count). The summed E-state index contributed by atoms with van der Waals surface area (Å²) in [5, 5.41) is 4.34. The van der Waals surface area contributed by atoms with Gasteiger partial charge in [0, 0.05) is 4.47 Å². The topological polar surface area (TPSA) is 49.0 Å². The first-order valence-electron chi connectivity index (χ1n) is 8.67. The van der Waals surface area contributed by atoms with Gasteiger partial charge in [-0.05, 0) is 43.2 Å². The summed E-state index contributed by atoms with van der Waals surface area (Å²) in [6.45, 7) is 4.54. The lowest BCUT2D eigenvalue weighted by Gasteiger charge is -2.22. The van der Waals surface area contributed by atoms with Gasteiger partial charge >= 0.3 is 5.69 Å². The van der Waals surface area contributed by atoms with Crippen molar-refractivity contribution in [2.75, 3.05) is 0 Å². The lowest BCUT2D eigenvalue weighted by molar-refractivity contribution is 0.0117. The molecule has 3 aromatic rings. The molecule has 0 bridgehead atoms. The minimum atomic E-state index is -0.158. The molecule has 0 amide bonds. The second kappa shape index (κ2) is 8.47. The Labute approximate surface area is 161 Å². The molecule has 0 radical (unpaired) electrons. The predicted octanol–water partition coefficient (Wildman–Crippen LogP) is 4.35. The maximum atomic E-state index is 12.8. The van der Waals surface area contributed by atoms with Crippen LogP contribution in [0.15, 0.2) is 70.2 Å². The van der Waals surface area contributed by atoms with E-state index in [1.807, 2.05) is 68.4 Å². The Morgan fingerprint density at radius 2 is 1.81 bits per heavy atom. The van der Waals surface area contributed by atoms with Gasteiger partial charge < -0.3 is 4.74 Å². The second-order valence-electron chi connectivity index (χ2n) is 6.18. The molecule has 0 saturated heterocycles. The molecule has 2 aromatic carbocycles. The molecule has 136 valence electrons. The number of nitrogens with zero attached hydrogens (tertiary/aromatic N) is 3. The highest BCUT2D eigenvalue weighted by molar-refractivity contribution is 9.10. The van der Waals surface area contributed by atoms with Crippen LogP contribution < -0.4 is 5.69 Å². The average molecular weight is 416 g/mol. The van der Waals surface area contributed by atoms with Crippen LogP contribution in [0, 0.1) is 0 Å². The smallest absolute Gasteiger partial charge is 0.350 e. The molecule has 0 N–H and O–H groups in total. The summed E-state index contributed by atoms with van der Waals surface area (Å²) >= 11 is 3.41. The molecule has 0 spiro atoms. The third-order valence-corrected chi connectivity index (χ3v) is 4.96. The summed E-state index contributed by atoms with van der Waals surface area (Å²) in [6.07, 6.45) is 2.19. The quantitative estimate of drug-likeness (QED) is 0.575. The third-order valence-electron chi connectivity index (χ3n) is 4.43. The van der Waals surface area contributed by atoms with E-state index in [1.165, 1.54) is 4.68 Å². The number of hydrogen-bond acceptors (Lipinski definition) is 3. The van der Waals surface area contributed by atoms with Gasteiger partial charge in [0.05, 0.1) is 24.4 Å². The molecular weight excluding hydrogens is 394 g/mol. The Morgan fingerprint density at radius 1 is 1.12 bits per heavy atom. The van der Waals surface area contributed by atoms with E-state index in [4.69, 9.17) is 4.74 Å². The van der Waals surface area contributed by atoms with Gasteiger partial charge in [-0.3, -0.25) is 0 Å². The van der Waals surface area contributed by atoms with Gasteiger partial charge in [-0.25, -0.2) is 14.0 Å². The van der Waals surface area contributed by atoms with Gasteiger partial charge in [0.1, 0.15) is 6.33 Å². The molecule has 0 saturated carbocycles. The molecule has 0 aliphatic carbocycles. The maximum absolute atomic E-state index is 12.8. The van der Waals surface area contributed by atoms with Crippen molar-refractivity contribution in [3.05, 3.63) is 81.4 Å². The third kappa shape index (κ3) is 4.14. The fourth-order valence-electron chi connectivity index (χ4n) is 2.94. The molecule has 0 aliphatic heterocycles. The summed E-state index contributed by atoms with van der Waals surface area (Å²) in [4.78, 5) is 12.8. The molecule has 1 aromatic heterocycles. The van der Waals surface area contributed by atoms with Crippen molar-refractivity contribution in [2.24, 2.45) is 0 Å². The number of aromatic nitrogens is 3. The van der Waals surface area contributed by atoms with Crippen LogP contribution in [-0.4, -0.2) is 20.5 Å². The number of benzene rings is 2. The Morgan fingerprint density at radius 3 is 2.46 bits per heavy atom. The number of hydrogen-bond donors (Lipinski definition) is 0. The first-order valence-corrected chi connectivity index (χ1v) is 9.47. The highest BCUT2D eigenvalue weighted by atomic mass is 79.9. The van der Waals surface area contributed by atoms with Crippen LogP contribution in [0.4, 0.5) is 0 Å². The average Bonchev–Trinajstić information content (AvgIpc) is 3.04. The molecule has 5 nitrogen and oxygen atoms in total. The van der Waals surface area contributed by atoms with Crippen molar-refractivity contribution in [3.63, 3.8) is 0 Å². The zero-order chi connectivity index (χ0) is 18.5. The van der Waals surface area contributed by atoms with Crippen molar-refractivity contribution in [1.29, 1.82) is 0 Å². The first kappa shape index (κ1) is 18.6. The van der Waals surface area contributed by atoms with E-state index in [2.05, 4.69) is 21.0 Å². The van der Waals surface area contributed by atoms with Crippen LogP contribution in [-0.2, 0) is 11.3 Å². The normalized spacial score (nSPS) is 13.5. The van der Waals surface area contributed by atoms with Crippen LogP contribution in [0.3, 0.4) is 0 Å². The van der Waals surface area contributed by atoms with E-state index in [1.54, 1.807) is 10.9 Å². The molecule has 6 heteroatoms. The van der Waals surface area contributed by atoms with E-state index in [-0.39, 0.29) is 17.8 Å². The molecule has 0 aliphatic rings. The fraction of sp³-hybridized carbons (Fsp3) is 0.300. The summed E-state index contributed by atoms with van der Waals surface area (Å²) in [5.74, 6) is 0. The maximum Gasteiger partial charge on any atom is 0.350 e. The zero-order valence-corrected chi connectivity index (χ0v) is 16.5. The van der Waals surface area contributed by atoms with Crippen LogP contribution in [0.1, 0.15) is 31.9 Å². The van der Waals surface area contributed by atoms with E-state index < -0.39 is 0 Å².